The topological polar surface area (TPSA) is 73.2 Å². The van der Waals surface area contributed by atoms with Gasteiger partial charge in [-0.15, -0.1) is 0 Å². The van der Waals surface area contributed by atoms with Gasteiger partial charge >= 0.3 is 0 Å². The normalized spacial score (nSPS) is 12.0. The Morgan fingerprint density at radius 3 is 1.34 bits per heavy atom. The summed E-state index contributed by atoms with van der Waals surface area (Å²) in [7, 11) is 0. The highest BCUT2D eigenvalue weighted by Crippen LogP contribution is 2.39. The zero-order valence-electron chi connectivity index (χ0n) is 27.6. The molecule has 1 aliphatic heterocycles. The number of fused-ring (bicyclic) bond motifs is 9. The predicted molar refractivity (Wildman–Crippen MR) is 198 cm³/mol. The molecule has 0 unspecified atom stereocenters. The number of H-pyrrole nitrogens is 3. The molecule has 7 aromatic rings. The Morgan fingerprint density at radius 2 is 0.809 bits per heavy atom. The van der Waals surface area contributed by atoms with E-state index in [1.807, 2.05) is 12.4 Å². The van der Waals surface area contributed by atoms with Crippen LogP contribution in [0.1, 0.15) is 44.8 Å². The summed E-state index contributed by atoms with van der Waals surface area (Å²) in [4.78, 5) is 21.1. The lowest BCUT2D eigenvalue weighted by Crippen LogP contribution is -1.93. The number of pyridine rings is 1. The summed E-state index contributed by atoms with van der Waals surface area (Å²) in [5, 5.41) is 0. The van der Waals surface area contributed by atoms with Crippen molar-refractivity contribution in [2.75, 3.05) is 0 Å². The first-order valence-electron chi connectivity index (χ1n) is 16.2. The largest absolute Gasteiger partial charge is 0.354 e. The number of aromatic amines is 3. The first kappa shape index (κ1) is 28.8. The number of benzene rings is 2. The zero-order chi connectivity index (χ0) is 32.4. The Kier molecular flexibility index (Phi) is 6.73. The van der Waals surface area contributed by atoms with E-state index < -0.39 is 0 Å². The van der Waals surface area contributed by atoms with Crippen molar-refractivity contribution < 1.29 is 0 Å². The van der Waals surface area contributed by atoms with Gasteiger partial charge in [-0.05, 0) is 141 Å². The number of aryl methyl sites for hydroxylation is 6. The van der Waals surface area contributed by atoms with E-state index in [-0.39, 0.29) is 0 Å². The maximum absolute atomic E-state index is 5.28. The van der Waals surface area contributed by atoms with E-state index in [0.29, 0.717) is 0 Å². The van der Waals surface area contributed by atoms with Gasteiger partial charge in [0.15, 0.2) is 0 Å². The Labute approximate surface area is 274 Å². The predicted octanol–water partition coefficient (Wildman–Crippen LogP) is 10.9. The number of hydrogen-bond donors (Lipinski definition) is 3. The Bertz CT molecular complexity index is 2470. The fraction of sp³-hybridized carbons (Fsp3) is 0.143. The average molecular weight is 612 g/mol. The van der Waals surface area contributed by atoms with Gasteiger partial charge in [0.25, 0.3) is 0 Å². The minimum Gasteiger partial charge on any atom is -0.354 e. The Hall–Kier alpha value is -5.68. The molecule has 5 heteroatoms. The summed E-state index contributed by atoms with van der Waals surface area (Å²) in [5.74, 6) is 0. The molecule has 0 aliphatic carbocycles. The van der Waals surface area contributed by atoms with Crippen molar-refractivity contribution in [2.24, 2.45) is 0 Å². The van der Waals surface area contributed by atoms with E-state index in [1.165, 1.54) is 44.5 Å². The molecule has 5 nitrogen and oxygen atoms in total. The SMILES string of the molecule is Cc1cc(C)c(-c2c3nc(c4ccc([nH]4)c(-c4c(C)cc(C)cc4C)c4ccc([nH]4)c(-c4ccncc4)c4ccc2[nH]4)C=C3)c(C)c1. The van der Waals surface area contributed by atoms with Crippen LogP contribution < -0.4 is 0 Å². The first-order valence-corrected chi connectivity index (χ1v) is 16.2. The molecule has 0 saturated heterocycles. The molecule has 8 bridgehead atoms. The lowest BCUT2D eigenvalue weighted by molar-refractivity contribution is 1.29. The van der Waals surface area contributed by atoms with Crippen LogP contribution in [0.25, 0.3) is 78.6 Å². The van der Waals surface area contributed by atoms with Crippen LogP contribution in [0.4, 0.5) is 0 Å². The summed E-state index contributed by atoms with van der Waals surface area (Å²) < 4.78 is 0. The maximum Gasteiger partial charge on any atom is 0.0872 e. The average Bonchev–Trinajstić information content (AvgIpc) is 3.85. The van der Waals surface area contributed by atoms with E-state index in [2.05, 4.69) is 146 Å². The molecule has 6 heterocycles. The zero-order valence-corrected chi connectivity index (χ0v) is 27.6. The smallest absolute Gasteiger partial charge is 0.0872 e. The standard InChI is InChI=1S/C42H37N5/c1-23-19-25(3)38(26(4)20-23)41-34-9-7-30(44-34)31-8-10-35(45-31)42(39-27(5)21-24(2)22-28(39)6)37-14-12-33(47-37)40(29-15-17-43-18-16-29)32-11-13-36(41)46-32/h7-22,44,46-47H,1-6H3. The van der Waals surface area contributed by atoms with E-state index >= 15 is 0 Å². The van der Waals surface area contributed by atoms with Crippen LogP contribution in [0.2, 0.25) is 0 Å². The van der Waals surface area contributed by atoms with Crippen LogP contribution in [-0.2, 0) is 0 Å². The summed E-state index contributed by atoms with van der Waals surface area (Å²) in [6.07, 6.45) is 7.99. The molecule has 0 spiro atoms. The highest BCUT2D eigenvalue weighted by Gasteiger charge is 2.18. The second-order valence-corrected chi connectivity index (χ2v) is 13.0. The number of aromatic nitrogens is 5. The van der Waals surface area contributed by atoms with Gasteiger partial charge < -0.3 is 15.0 Å². The van der Waals surface area contributed by atoms with Gasteiger partial charge in [0.2, 0.25) is 0 Å². The van der Waals surface area contributed by atoms with E-state index in [4.69, 9.17) is 4.98 Å². The van der Waals surface area contributed by atoms with E-state index in [0.717, 1.165) is 66.7 Å². The molecule has 0 saturated carbocycles. The Balaban J connectivity index is 1.59. The molecular formula is C42H37N5. The molecule has 8 rings (SSSR count). The lowest BCUT2D eigenvalue weighted by atomic mass is 9.92. The van der Waals surface area contributed by atoms with Crippen LogP contribution in [-0.4, -0.2) is 24.9 Å². The van der Waals surface area contributed by atoms with E-state index in [1.54, 1.807) is 0 Å². The summed E-state index contributed by atoms with van der Waals surface area (Å²) in [6, 6.07) is 26.3. The van der Waals surface area contributed by atoms with Crippen molar-refractivity contribution in [3.05, 3.63) is 130 Å². The highest BCUT2D eigenvalue weighted by molar-refractivity contribution is 6.01. The van der Waals surface area contributed by atoms with Crippen molar-refractivity contribution in [3.63, 3.8) is 0 Å². The molecule has 0 amide bonds. The molecule has 2 aromatic carbocycles. The summed E-state index contributed by atoms with van der Waals surface area (Å²) in [6.45, 7) is 13.1. The van der Waals surface area contributed by atoms with Gasteiger partial charge in [-0.1, -0.05) is 35.4 Å². The monoisotopic (exact) mass is 611 g/mol. The molecule has 0 radical (unpaired) electrons. The maximum atomic E-state index is 5.28. The fourth-order valence-corrected chi connectivity index (χ4v) is 7.65. The third-order valence-electron chi connectivity index (χ3n) is 9.40. The molecular weight excluding hydrogens is 574 g/mol. The number of nitrogens with one attached hydrogen (secondary N) is 3. The van der Waals surface area contributed by atoms with Gasteiger partial charge in [0.05, 0.1) is 16.9 Å². The van der Waals surface area contributed by atoms with Crippen molar-refractivity contribution >= 4 is 45.3 Å². The van der Waals surface area contributed by atoms with Crippen LogP contribution in [0.3, 0.4) is 0 Å². The van der Waals surface area contributed by atoms with Crippen molar-refractivity contribution in [3.8, 4) is 33.4 Å². The van der Waals surface area contributed by atoms with Gasteiger partial charge in [-0.3, -0.25) is 4.98 Å². The van der Waals surface area contributed by atoms with Crippen LogP contribution in [0.15, 0.2) is 85.2 Å². The first-order chi connectivity index (χ1) is 22.7. The lowest BCUT2D eigenvalue weighted by Gasteiger charge is -2.13. The number of nitrogens with zero attached hydrogens (tertiary/aromatic N) is 2. The van der Waals surface area contributed by atoms with Gasteiger partial charge in [-0.25, -0.2) is 4.98 Å². The van der Waals surface area contributed by atoms with Crippen molar-refractivity contribution in [1.29, 1.82) is 0 Å². The highest BCUT2D eigenvalue weighted by atomic mass is 14.8. The minimum absolute atomic E-state index is 0.917. The molecule has 230 valence electrons. The number of rotatable bonds is 3. The van der Waals surface area contributed by atoms with Crippen LogP contribution in [0, 0.1) is 41.5 Å². The summed E-state index contributed by atoms with van der Waals surface area (Å²) >= 11 is 0. The van der Waals surface area contributed by atoms with Gasteiger partial charge in [-0.2, -0.15) is 0 Å². The van der Waals surface area contributed by atoms with Gasteiger partial charge in [0.1, 0.15) is 0 Å². The second-order valence-electron chi connectivity index (χ2n) is 13.0. The molecule has 5 aromatic heterocycles. The van der Waals surface area contributed by atoms with Crippen LogP contribution >= 0.6 is 0 Å². The second kappa shape index (κ2) is 11.0. The molecule has 0 atom stereocenters. The third kappa shape index (κ3) is 4.86. The van der Waals surface area contributed by atoms with Gasteiger partial charge in [0, 0.05) is 56.7 Å². The number of hydrogen-bond acceptors (Lipinski definition) is 2. The van der Waals surface area contributed by atoms with Crippen molar-refractivity contribution in [2.45, 2.75) is 41.5 Å². The van der Waals surface area contributed by atoms with Crippen LogP contribution in [0.5, 0.6) is 0 Å². The molecule has 3 N–H and O–H groups in total. The molecule has 0 fully saturated rings. The quantitative estimate of drug-likeness (QED) is 0.186. The Morgan fingerprint density at radius 1 is 0.404 bits per heavy atom. The molecule has 1 aliphatic rings. The third-order valence-corrected chi connectivity index (χ3v) is 9.40. The molecule has 47 heavy (non-hydrogen) atoms. The fourth-order valence-electron chi connectivity index (χ4n) is 7.65. The summed E-state index contributed by atoms with van der Waals surface area (Å²) in [5.41, 5.74) is 22.3. The van der Waals surface area contributed by atoms with E-state index in [9.17, 15) is 0 Å². The minimum atomic E-state index is 0.917. The van der Waals surface area contributed by atoms with Crippen molar-refractivity contribution in [1.82, 2.24) is 24.9 Å².